The molecule has 0 aliphatic heterocycles. The highest BCUT2D eigenvalue weighted by molar-refractivity contribution is 5.43. The number of benzene rings is 2. The number of hydrogen-bond donors (Lipinski definition) is 1. The molecule has 94 valence electrons. The summed E-state index contributed by atoms with van der Waals surface area (Å²) in [6.45, 7) is 2.12. The van der Waals surface area contributed by atoms with Crippen LogP contribution in [-0.2, 0) is 6.42 Å². The maximum Gasteiger partial charge on any atom is 0.125 e. The van der Waals surface area contributed by atoms with E-state index in [0.717, 1.165) is 18.5 Å². The van der Waals surface area contributed by atoms with Crippen LogP contribution in [0.3, 0.4) is 0 Å². The van der Waals surface area contributed by atoms with E-state index in [1.165, 1.54) is 17.7 Å². The van der Waals surface area contributed by atoms with Gasteiger partial charge in [-0.15, -0.1) is 0 Å². The molecule has 18 heavy (non-hydrogen) atoms. The average molecular weight is 243 g/mol. The summed E-state index contributed by atoms with van der Waals surface area (Å²) in [6, 6.07) is 17.3. The molecule has 1 atom stereocenters. The number of hydrogen-bond acceptors (Lipinski definition) is 1. The molecule has 0 aromatic heterocycles. The highest BCUT2D eigenvalue weighted by atomic mass is 19.1. The van der Waals surface area contributed by atoms with Gasteiger partial charge >= 0.3 is 0 Å². The first kappa shape index (κ1) is 12.6. The summed E-state index contributed by atoms with van der Waals surface area (Å²) in [7, 11) is 0. The summed E-state index contributed by atoms with van der Waals surface area (Å²) in [5, 5.41) is 3.31. The minimum atomic E-state index is -0.199. The smallest absolute Gasteiger partial charge is 0.125 e. The Morgan fingerprint density at radius 1 is 1.06 bits per heavy atom. The molecule has 2 rings (SSSR count). The molecule has 1 nitrogen and oxygen atoms in total. The molecule has 0 radical (unpaired) electrons. The van der Waals surface area contributed by atoms with Gasteiger partial charge in [-0.1, -0.05) is 36.4 Å². The Morgan fingerprint density at radius 2 is 1.83 bits per heavy atom. The molecule has 0 aliphatic carbocycles. The Labute approximate surface area is 108 Å². The lowest BCUT2D eigenvalue weighted by atomic mass is 10.1. The van der Waals surface area contributed by atoms with Crippen molar-refractivity contribution < 1.29 is 4.39 Å². The summed E-state index contributed by atoms with van der Waals surface area (Å²) in [6.07, 6.45) is 2.06. The topological polar surface area (TPSA) is 12.0 Å². The first-order valence-corrected chi connectivity index (χ1v) is 6.30. The number of aryl methyl sites for hydroxylation is 1. The first-order chi connectivity index (χ1) is 8.74. The van der Waals surface area contributed by atoms with Crippen LogP contribution in [-0.4, -0.2) is 6.04 Å². The highest BCUT2D eigenvalue weighted by Crippen LogP contribution is 2.13. The van der Waals surface area contributed by atoms with Gasteiger partial charge in [-0.25, -0.2) is 4.39 Å². The fourth-order valence-corrected chi connectivity index (χ4v) is 1.96. The van der Waals surface area contributed by atoms with Crippen molar-refractivity contribution in [1.29, 1.82) is 0 Å². The molecule has 1 unspecified atom stereocenters. The molecule has 2 heteroatoms. The summed E-state index contributed by atoms with van der Waals surface area (Å²) < 4.78 is 13.0. The lowest BCUT2D eigenvalue weighted by molar-refractivity contribution is 0.627. The van der Waals surface area contributed by atoms with Crippen molar-refractivity contribution >= 4 is 5.69 Å². The molecule has 0 saturated heterocycles. The molecule has 0 saturated carbocycles. The molecule has 0 aliphatic rings. The van der Waals surface area contributed by atoms with Crippen molar-refractivity contribution in [2.75, 3.05) is 5.32 Å². The third kappa shape index (κ3) is 3.88. The van der Waals surface area contributed by atoms with Crippen molar-refractivity contribution in [3.63, 3.8) is 0 Å². The van der Waals surface area contributed by atoms with Crippen LogP contribution in [0.2, 0.25) is 0 Å². The fraction of sp³-hybridized carbons (Fsp3) is 0.250. The van der Waals surface area contributed by atoms with Gasteiger partial charge in [-0.2, -0.15) is 0 Å². The first-order valence-electron chi connectivity index (χ1n) is 6.30. The number of halogens is 1. The zero-order valence-corrected chi connectivity index (χ0v) is 10.6. The zero-order valence-electron chi connectivity index (χ0n) is 10.6. The number of nitrogens with one attached hydrogen (secondary N) is 1. The second-order valence-corrected chi connectivity index (χ2v) is 4.58. The van der Waals surface area contributed by atoms with Crippen LogP contribution in [0.5, 0.6) is 0 Å². The van der Waals surface area contributed by atoms with Gasteiger partial charge in [-0.05, 0) is 43.5 Å². The Kier molecular flexibility index (Phi) is 4.35. The van der Waals surface area contributed by atoms with Crippen LogP contribution < -0.4 is 5.32 Å². The largest absolute Gasteiger partial charge is 0.382 e. The van der Waals surface area contributed by atoms with Crippen molar-refractivity contribution in [2.45, 2.75) is 25.8 Å². The molecule has 0 amide bonds. The van der Waals surface area contributed by atoms with Gasteiger partial charge in [0.05, 0.1) is 0 Å². The van der Waals surface area contributed by atoms with E-state index >= 15 is 0 Å². The predicted molar refractivity (Wildman–Crippen MR) is 74.2 cm³/mol. The van der Waals surface area contributed by atoms with Crippen LogP contribution in [0.1, 0.15) is 18.9 Å². The Bertz CT molecular complexity index is 481. The highest BCUT2D eigenvalue weighted by Gasteiger charge is 2.03. The molecular formula is C16H18FN. The zero-order chi connectivity index (χ0) is 12.8. The molecule has 0 bridgehead atoms. The lowest BCUT2D eigenvalue weighted by Gasteiger charge is -2.15. The number of anilines is 1. The van der Waals surface area contributed by atoms with Crippen molar-refractivity contribution in [3.05, 3.63) is 66.0 Å². The molecule has 0 heterocycles. The van der Waals surface area contributed by atoms with Crippen LogP contribution >= 0.6 is 0 Å². The minimum Gasteiger partial charge on any atom is -0.382 e. The second kappa shape index (κ2) is 6.20. The molecule has 2 aromatic rings. The number of rotatable bonds is 5. The van der Waals surface area contributed by atoms with Gasteiger partial charge in [0.25, 0.3) is 0 Å². The Hall–Kier alpha value is -1.83. The van der Waals surface area contributed by atoms with E-state index in [1.54, 1.807) is 6.07 Å². The van der Waals surface area contributed by atoms with E-state index < -0.39 is 0 Å². The maximum atomic E-state index is 13.0. The average Bonchev–Trinajstić information content (AvgIpc) is 2.38. The normalized spacial score (nSPS) is 12.1. The van der Waals surface area contributed by atoms with E-state index in [2.05, 4.69) is 36.5 Å². The van der Waals surface area contributed by atoms with Gasteiger partial charge < -0.3 is 5.32 Å². The summed E-state index contributed by atoms with van der Waals surface area (Å²) in [4.78, 5) is 0. The minimum absolute atomic E-state index is 0.199. The van der Waals surface area contributed by atoms with E-state index in [1.807, 2.05) is 12.1 Å². The molecule has 2 aromatic carbocycles. The summed E-state index contributed by atoms with van der Waals surface area (Å²) in [5.41, 5.74) is 2.18. The summed E-state index contributed by atoms with van der Waals surface area (Å²) >= 11 is 0. The standard InChI is InChI=1S/C16H18FN/c1-13(10-11-14-6-3-2-4-7-14)18-16-9-5-8-15(17)12-16/h2-9,12-13,18H,10-11H2,1H3. The SMILES string of the molecule is CC(CCc1ccccc1)Nc1cccc(F)c1. The van der Waals surface area contributed by atoms with E-state index in [9.17, 15) is 4.39 Å². The Balaban J connectivity index is 1.84. The van der Waals surface area contributed by atoms with Crippen molar-refractivity contribution in [2.24, 2.45) is 0 Å². The lowest BCUT2D eigenvalue weighted by Crippen LogP contribution is -2.16. The molecule has 1 N–H and O–H groups in total. The van der Waals surface area contributed by atoms with E-state index in [-0.39, 0.29) is 5.82 Å². The molecule has 0 fully saturated rings. The summed E-state index contributed by atoms with van der Waals surface area (Å²) in [5.74, 6) is -0.199. The van der Waals surface area contributed by atoms with Crippen LogP contribution in [0.15, 0.2) is 54.6 Å². The molecule has 0 spiro atoms. The fourth-order valence-electron chi connectivity index (χ4n) is 1.96. The van der Waals surface area contributed by atoms with Gasteiger partial charge in [0.15, 0.2) is 0 Å². The third-order valence-electron chi connectivity index (χ3n) is 2.95. The van der Waals surface area contributed by atoms with Gasteiger partial charge in [-0.3, -0.25) is 0 Å². The van der Waals surface area contributed by atoms with E-state index in [4.69, 9.17) is 0 Å². The van der Waals surface area contributed by atoms with Gasteiger partial charge in [0.1, 0.15) is 5.82 Å². The third-order valence-corrected chi connectivity index (χ3v) is 2.95. The van der Waals surface area contributed by atoms with Crippen molar-refractivity contribution in [3.8, 4) is 0 Å². The van der Waals surface area contributed by atoms with Crippen LogP contribution in [0, 0.1) is 5.82 Å². The maximum absolute atomic E-state index is 13.0. The van der Waals surface area contributed by atoms with E-state index in [0.29, 0.717) is 6.04 Å². The van der Waals surface area contributed by atoms with Crippen molar-refractivity contribution in [1.82, 2.24) is 0 Å². The van der Waals surface area contributed by atoms with Gasteiger partial charge in [0.2, 0.25) is 0 Å². The Morgan fingerprint density at radius 3 is 2.56 bits per heavy atom. The van der Waals surface area contributed by atoms with Crippen LogP contribution in [0.4, 0.5) is 10.1 Å². The predicted octanol–water partition coefficient (Wildman–Crippen LogP) is 4.26. The van der Waals surface area contributed by atoms with Crippen LogP contribution in [0.25, 0.3) is 0 Å². The quantitative estimate of drug-likeness (QED) is 0.827. The van der Waals surface area contributed by atoms with Gasteiger partial charge in [0, 0.05) is 11.7 Å². The second-order valence-electron chi connectivity index (χ2n) is 4.58. The molecular weight excluding hydrogens is 225 g/mol. The monoisotopic (exact) mass is 243 g/mol.